The summed E-state index contributed by atoms with van der Waals surface area (Å²) in [5.41, 5.74) is 7.68. The van der Waals surface area contributed by atoms with Gasteiger partial charge in [0.15, 0.2) is 0 Å². The lowest BCUT2D eigenvalue weighted by Gasteiger charge is -2.18. The van der Waals surface area contributed by atoms with Gasteiger partial charge in [0.1, 0.15) is 5.82 Å². The van der Waals surface area contributed by atoms with Crippen LogP contribution >= 0.6 is 0 Å². The smallest absolute Gasteiger partial charge is 0.249 e. The van der Waals surface area contributed by atoms with Gasteiger partial charge in [0.05, 0.1) is 23.3 Å². The van der Waals surface area contributed by atoms with E-state index in [0.717, 1.165) is 16.6 Å². The van der Waals surface area contributed by atoms with Crippen molar-refractivity contribution in [2.24, 2.45) is 5.73 Å². The van der Waals surface area contributed by atoms with Crippen molar-refractivity contribution in [3.05, 3.63) is 53.9 Å². The van der Waals surface area contributed by atoms with Crippen molar-refractivity contribution < 1.29 is 4.79 Å². The minimum absolute atomic E-state index is 0.454. The van der Waals surface area contributed by atoms with E-state index in [1.807, 2.05) is 42.3 Å². The number of para-hydroxylation sites is 1. The molecule has 0 fully saturated rings. The quantitative estimate of drug-likeness (QED) is 0.761. The van der Waals surface area contributed by atoms with E-state index in [0.29, 0.717) is 17.9 Å². The molecule has 1 amide bonds. The van der Waals surface area contributed by atoms with Gasteiger partial charge in [0.25, 0.3) is 0 Å². The van der Waals surface area contributed by atoms with E-state index < -0.39 is 5.91 Å². The molecule has 0 saturated carbocycles. The number of H-pyrrole nitrogens is 1. The Morgan fingerprint density at radius 3 is 2.86 bits per heavy atom. The van der Waals surface area contributed by atoms with Crippen molar-refractivity contribution in [1.82, 2.24) is 15.2 Å². The van der Waals surface area contributed by atoms with Crippen molar-refractivity contribution in [2.45, 2.75) is 6.54 Å². The van der Waals surface area contributed by atoms with Gasteiger partial charge in [0, 0.05) is 18.6 Å². The van der Waals surface area contributed by atoms with E-state index in [2.05, 4.69) is 15.2 Å². The van der Waals surface area contributed by atoms with Gasteiger partial charge in [0.2, 0.25) is 5.91 Å². The number of fused-ring (bicyclic) bond motifs is 1. The maximum atomic E-state index is 11.7. The van der Waals surface area contributed by atoms with Gasteiger partial charge in [-0.1, -0.05) is 18.2 Å². The highest BCUT2D eigenvalue weighted by Gasteiger charge is 2.12. The van der Waals surface area contributed by atoms with E-state index in [9.17, 15) is 4.79 Å². The molecule has 106 valence electrons. The predicted octanol–water partition coefficient (Wildman–Crippen LogP) is 1.69. The number of anilines is 1. The fraction of sp³-hybridized carbons (Fsp3) is 0.133. The summed E-state index contributed by atoms with van der Waals surface area (Å²) < 4.78 is 0. The third kappa shape index (κ3) is 2.55. The molecule has 6 heteroatoms. The molecule has 0 spiro atoms. The van der Waals surface area contributed by atoms with E-state index in [-0.39, 0.29) is 0 Å². The first kappa shape index (κ1) is 13.1. The van der Waals surface area contributed by atoms with Crippen LogP contribution < -0.4 is 10.6 Å². The summed E-state index contributed by atoms with van der Waals surface area (Å²) >= 11 is 0. The number of nitrogens with zero attached hydrogens (tertiary/aromatic N) is 3. The Labute approximate surface area is 121 Å². The number of aromatic amines is 1. The summed E-state index contributed by atoms with van der Waals surface area (Å²) in [5.74, 6) is 0.238. The maximum absolute atomic E-state index is 11.7. The second-order valence-corrected chi connectivity index (χ2v) is 4.85. The average Bonchev–Trinajstić information content (AvgIpc) is 2.98. The van der Waals surface area contributed by atoms with Gasteiger partial charge < -0.3 is 10.6 Å². The van der Waals surface area contributed by atoms with Crippen molar-refractivity contribution in [2.75, 3.05) is 11.9 Å². The molecule has 0 aliphatic rings. The highest BCUT2D eigenvalue weighted by atomic mass is 16.1. The minimum Gasteiger partial charge on any atom is -0.366 e. The third-order valence-corrected chi connectivity index (χ3v) is 3.33. The molecule has 0 saturated heterocycles. The normalized spacial score (nSPS) is 10.7. The number of nitrogens with one attached hydrogen (secondary N) is 1. The number of nitrogens with two attached hydrogens (primary N) is 1. The van der Waals surface area contributed by atoms with Crippen LogP contribution in [-0.4, -0.2) is 28.1 Å². The third-order valence-electron chi connectivity index (χ3n) is 3.33. The molecule has 3 rings (SSSR count). The monoisotopic (exact) mass is 281 g/mol. The van der Waals surface area contributed by atoms with Crippen LogP contribution in [0.5, 0.6) is 0 Å². The fourth-order valence-corrected chi connectivity index (χ4v) is 2.27. The molecule has 21 heavy (non-hydrogen) atoms. The molecular weight excluding hydrogens is 266 g/mol. The Morgan fingerprint density at radius 2 is 2.14 bits per heavy atom. The van der Waals surface area contributed by atoms with Crippen molar-refractivity contribution in [1.29, 1.82) is 0 Å². The zero-order chi connectivity index (χ0) is 14.8. The number of carbonyl (C=O) groups excluding carboxylic acids is 1. The van der Waals surface area contributed by atoms with Crippen LogP contribution in [0.15, 0.2) is 42.6 Å². The molecular formula is C15H15N5O. The second-order valence-electron chi connectivity index (χ2n) is 4.85. The van der Waals surface area contributed by atoms with Crippen LogP contribution in [0.2, 0.25) is 0 Å². The number of benzene rings is 1. The zero-order valence-electron chi connectivity index (χ0n) is 11.6. The zero-order valence-corrected chi connectivity index (χ0v) is 11.6. The molecule has 3 N–H and O–H groups in total. The number of primary amides is 1. The van der Waals surface area contributed by atoms with Crippen LogP contribution in [0.3, 0.4) is 0 Å². The van der Waals surface area contributed by atoms with Gasteiger partial charge in [-0.15, -0.1) is 0 Å². The summed E-state index contributed by atoms with van der Waals surface area (Å²) in [7, 11) is 1.91. The molecule has 1 aromatic carbocycles. The van der Waals surface area contributed by atoms with E-state index in [1.165, 1.54) is 0 Å². The number of pyridine rings is 1. The van der Waals surface area contributed by atoms with Crippen LogP contribution in [0.25, 0.3) is 10.9 Å². The van der Waals surface area contributed by atoms with Gasteiger partial charge in [-0.2, -0.15) is 5.10 Å². The van der Waals surface area contributed by atoms with Crippen molar-refractivity contribution in [3.63, 3.8) is 0 Å². The highest BCUT2D eigenvalue weighted by molar-refractivity contribution is 6.06. The first-order valence-electron chi connectivity index (χ1n) is 6.54. The Bertz CT molecular complexity index is 782. The number of carbonyl (C=O) groups is 1. The largest absolute Gasteiger partial charge is 0.366 e. The first-order chi connectivity index (χ1) is 10.1. The molecule has 2 heterocycles. The summed E-state index contributed by atoms with van der Waals surface area (Å²) in [6.45, 7) is 0.615. The molecule has 2 aromatic heterocycles. The number of hydrogen-bond acceptors (Lipinski definition) is 4. The van der Waals surface area contributed by atoms with Crippen molar-refractivity contribution >= 4 is 22.6 Å². The lowest BCUT2D eigenvalue weighted by atomic mass is 10.1. The van der Waals surface area contributed by atoms with Crippen LogP contribution in [0, 0.1) is 0 Å². The lowest BCUT2D eigenvalue weighted by Crippen LogP contribution is -2.20. The van der Waals surface area contributed by atoms with Gasteiger partial charge in [-0.25, -0.2) is 4.98 Å². The summed E-state index contributed by atoms with van der Waals surface area (Å²) in [6.07, 6.45) is 1.70. The summed E-state index contributed by atoms with van der Waals surface area (Å²) in [5, 5.41) is 7.59. The van der Waals surface area contributed by atoms with Crippen LogP contribution in [-0.2, 0) is 6.54 Å². The summed E-state index contributed by atoms with van der Waals surface area (Å²) in [4.78, 5) is 18.2. The molecule has 6 nitrogen and oxygen atoms in total. The molecule has 0 atom stereocenters. The van der Waals surface area contributed by atoms with Gasteiger partial charge in [-0.3, -0.25) is 9.89 Å². The Kier molecular flexibility index (Phi) is 3.27. The van der Waals surface area contributed by atoms with Crippen LogP contribution in [0.1, 0.15) is 16.1 Å². The molecule has 0 aliphatic heterocycles. The predicted molar refractivity (Wildman–Crippen MR) is 81.0 cm³/mol. The standard InChI is InChI=1S/C15H15N5O/c1-20(9-10-6-7-17-19-10)14-8-12(15(16)21)11-4-2-3-5-13(11)18-14/h2-8H,9H2,1H3,(H2,16,21)(H,17,19). The second kappa shape index (κ2) is 5.24. The number of aromatic nitrogens is 3. The van der Waals surface area contributed by atoms with Crippen molar-refractivity contribution in [3.8, 4) is 0 Å². The average molecular weight is 281 g/mol. The Morgan fingerprint density at radius 1 is 1.33 bits per heavy atom. The topological polar surface area (TPSA) is 87.9 Å². The Hall–Kier alpha value is -2.89. The van der Waals surface area contributed by atoms with Gasteiger partial charge >= 0.3 is 0 Å². The molecule has 0 aliphatic carbocycles. The fourth-order valence-electron chi connectivity index (χ4n) is 2.27. The lowest BCUT2D eigenvalue weighted by molar-refractivity contribution is 0.100. The molecule has 3 aromatic rings. The Balaban J connectivity index is 2.04. The first-order valence-corrected chi connectivity index (χ1v) is 6.54. The van der Waals surface area contributed by atoms with E-state index in [4.69, 9.17) is 5.73 Å². The number of rotatable bonds is 4. The number of amides is 1. The highest BCUT2D eigenvalue weighted by Crippen LogP contribution is 2.22. The maximum Gasteiger partial charge on any atom is 0.249 e. The van der Waals surface area contributed by atoms with E-state index in [1.54, 1.807) is 12.3 Å². The number of hydrogen-bond donors (Lipinski definition) is 2. The van der Waals surface area contributed by atoms with Crippen LogP contribution in [0.4, 0.5) is 5.82 Å². The molecule has 0 radical (unpaired) electrons. The SMILES string of the molecule is CN(Cc1ccn[nH]1)c1cc(C(N)=O)c2ccccc2n1. The summed E-state index contributed by atoms with van der Waals surface area (Å²) in [6, 6.07) is 11.1. The minimum atomic E-state index is -0.454. The molecule has 0 bridgehead atoms. The van der Waals surface area contributed by atoms with Gasteiger partial charge in [-0.05, 0) is 18.2 Å². The molecule has 0 unspecified atom stereocenters. The van der Waals surface area contributed by atoms with E-state index >= 15 is 0 Å².